The molecule has 7 nitrogen and oxygen atoms in total. The summed E-state index contributed by atoms with van der Waals surface area (Å²) in [6.45, 7) is 0. The highest BCUT2D eigenvalue weighted by Crippen LogP contribution is 2.28. The van der Waals surface area contributed by atoms with Crippen LogP contribution in [0.25, 0.3) is 0 Å². The monoisotopic (exact) mass is 377 g/mol. The third kappa shape index (κ3) is 4.45. The van der Waals surface area contributed by atoms with E-state index in [4.69, 9.17) is 9.47 Å². The van der Waals surface area contributed by atoms with Crippen LogP contribution < -0.4 is 20.1 Å². The van der Waals surface area contributed by atoms with E-state index in [-0.39, 0.29) is 11.8 Å². The van der Waals surface area contributed by atoms with Crippen molar-refractivity contribution in [1.29, 1.82) is 0 Å². The number of methoxy groups -OCH3 is 2. The molecule has 0 spiro atoms. The number of nitrogens with zero attached hydrogens (tertiary/aromatic N) is 1. The standard InChI is InChI=1S/C21H19N3O4/c1-27-18-7-6-15(13-19(18)28-2)21(26)24-17-5-3-4-14(12-17)20(25)23-16-8-10-22-11-9-16/h3-13H,1-2H3,(H,24,26)(H,22,23,25). The normalized spacial score (nSPS) is 10.1. The van der Waals surface area contributed by atoms with Crippen LogP contribution in [0.3, 0.4) is 0 Å². The maximum absolute atomic E-state index is 12.5. The molecule has 2 amide bonds. The number of hydrogen-bond donors (Lipinski definition) is 2. The van der Waals surface area contributed by atoms with Gasteiger partial charge >= 0.3 is 0 Å². The Morgan fingerprint density at radius 2 is 1.39 bits per heavy atom. The number of rotatable bonds is 6. The fraction of sp³-hybridized carbons (Fsp3) is 0.0952. The molecule has 1 heterocycles. The highest BCUT2D eigenvalue weighted by Gasteiger charge is 2.12. The maximum Gasteiger partial charge on any atom is 0.255 e. The third-order valence-corrected chi connectivity index (χ3v) is 3.97. The van der Waals surface area contributed by atoms with Gasteiger partial charge in [0.05, 0.1) is 14.2 Å². The molecular formula is C21H19N3O4. The number of ether oxygens (including phenoxy) is 2. The predicted octanol–water partition coefficient (Wildman–Crippen LogP) is 3.60. The number of nitrogens with one attached hydrogen (secondary N) is 2. The van der Waals surface area contributed by atoms with Gasteiger partial charge in [-0.15, -0.1) is 0 Å². The Balaban J connectivity index is 1.73. The maximum atomic E-state index is 12.5. The van der Waals surface area contributed by atoms with E-state index >= 15 is 0 Å². The van der Waals surface area contributed by atoms with Gasteiger partial charge in [0, 0.05) is 34.9 Å². The molecule has 0 radical (unpaired) electrons. The Hall–Kier alpha value is -3.87. The van der Waals surface area contributed by atoms with Gasteiger partial charge < -0.3 is 20.1 Å². The van der Waals surface area contributed by atoms with Crippen molar-refractivity contribution in [3.63, 3.8) is 0 Å². The smallest absolute Gasteiger partial charge is 0.255 e. The molecule has 1 aromatic heterocycles. The molecule has 2 N–H and O–H groups in total. The van der Waals surface area contributed by atoms with E-state index in [1.165, 1.54) is 14.2 Å². The molecule has 7 heteroatoms. The molecule has 0 aliphatic heterocycles. The van der Waals surface area contributed by atoms with E-state index in [0.717, 1.165) is 0 Å². The molecule has 142 valence electrons. The van der Waals surface area contributed by atoms with Gasteiger partial charge in [0.15, 0.2) is 11.5 Å². The Kier molecular flexibility index (Phi) is 5.86. The molecular weight excluding hydrogens is 358 g/mol. The van der Waals surface area contributed by atoms with Crippen molar-refractivity contribution in [3.05, 3.63) is 78.1 Å². The van der Waals surface area contributed by atoms with Crippen molar-refractivity contribution in [1.82, 2.24) is 4.98 Å². The molecule has 0 unspecified atom stereocenters. The summed E-state index contributed by atoms with van der Waals surface area (Å²) >= 11 is 0. The first-order valence-corrected chi connectivity index (χ1v) is 8.45. The van der Waals surface area contributed by atoms with Crippen LogP contribution in [-0.2, 0) is 0 Å². The first-order chi connectivity index (χ1) is 13.6. The van der Waals surface area contributed by atoms with Crippen molar-refractivity contribution in [2.45, 2.75) is 0 Å². The predicted molar refractivity (Wildman–Crippen MR) is 106 cm³/mol. The molecule has 0 fully saturated rings. The molecule has 3 aromatic rings. The lowest BCUT2D eigenvalue weighted by Gasteiger charge is -2.11. The second kappa shape index (κ2) is 8.68. The summed E-state index contributed by atoms with van der Waals surface area (Å²) in [6, 6.07) is 15.0. The van der Waals surface area contributed by atoms with Gasteiger partial charge in [0.2, 0.25) is 0 Å². The summed E-state index contributed by atoms with van der Waals surface area (Å²) in [4.78, 5) is 28.8. The van der Waals surface area contributed by atoms with E-state index in [9.17, 15) is 9.59 Å². The zero-order valence-corrected chi connectivity index (χ0v) is 15.4. The summed E-state index contributed by atoms with van der Waals surface area (Å²) in [5.41, 5.74) is 1.97. The van der Waals surface area contributed by atoms with Gasteiger partial charge in [-0.3, -0.25) is 14.6 Å². The number of pyridine rings is 1. The summed E-state index contributed by atoms with van der Waals surface area (Å²) < 4.78 is 10.4. The van der Waals surface area contributed by atoms with Crippen LogP contribution in [-0.4, -0.2) is 31.0 Å². The van der Waals surface area contributed by atoms with Crippen LogP contribution in [0, 0.1) is 0 Å². The summed E-state index contributed by atoms with van der Waals surface area (Å²) in [6.07, 6.45) is 3.19. The highest BCUT2D eigenvalue weighted by atomic mass is 16.5. The molecule has 0 saturated carbocycles. The highest BCUT2D eigenvalue weighted by molar-refractivity contribution is 6.07. The van der Waals surface area contributed by atoms with Gasteiger partial charge in [0.1, 0.15) is 0 Å². The van der Waals surface area contributed by atoms with E-state index in [0.29, 0.717) is 34.0 Å². The lowest BCUT2D eigenvalue weighted by atomic mass is 10.1. The second-order valence-electron chi connectivity index (χ2n) is 5.79. The van der Waals surface area contributed by atoms with Gasteiger partial charge in [-0.25, -0.2) is 0 Å². The topological polar surface area (TPSA) is 89.5 Å². The second-order valence-corrected chi connectivity index (χ2v) is 5.79. The van der Waals surface area contributed by atoms with E-state index in [1.807, 2.05) is 0 Å². The zero-order valence-electron chi connectivity index (χ0n) is 15.4. The van der Waals surface area contributed by atoms with Crippen LogP contribution in [0.5, 0.6) is 11.5 Å². The number of amides is 2. The van der Waals surface area contributed by atoms with Crippen molar-refractivity contribution in [2.24, 2.45) is 0 Å². The number of aromatic nitrogens is 1. The largest absolute Gasteiger partial charge is 0.493 e. The molecule has 0 bridgehead atoms. The van der Waals surface area contributed by atoms with Crippen molar-refractivity contribution >= 4 is 23.2 Å². The quantitative estimate of drug-likeness (QED) is 0.685. The van der Waals surface area contributed by atoms with Gasteiger partial charge in [-0.2, -0.15) is 0 Å². The van der Waals surface area contributed by atoms with Crippen LogP contribution in [0.4, 0.5) is 11.4 Å². The van der Waals surface area contributed by atoms with Crippen LogP contribution in [0.15, 0.2) is 67.0 Å². The van der Waals surface area contributed by atoms with Crippen LogP contribution >= 0.6 is 0 Å². The molecule has 3 rings (SSSR count). The van der Waals surface area contributed by atoms with Crippen LogP contribution in [0.2, 0.25) is 0 Å². The van der Waals surface area contributed by atoms with E-state index < -0.39 is 0 Å². The SMILES string of the molecule is COc1ccc(C(=O)Nc2cccc(C(=O)Nc3ccncc3)c2)cc1OC. The van der Waals surface area contributed by atoms with Gasteiger partial charge in [-0.05, 0) is 48.5 Å². The minimum atomic E-state index is -0.326. The lowest BCUT2D eigenvalue weighted by molar-refractivity contribution is 0.101. The summed E-state index contributed by atoms with van der Waals surface area (Å²) in [5, 5.41) is 5.56. The molecule has 0 aliphatic carbocycles. The number of hydrogen-bond acceptors (Lipinski definition) is 5. The average molecular weight is 377 g/mol. The first kappa shape index (κ1) is 18.9. The molecule has 0 atom stereocenters. The summed E-state index contributed by atoms with van der Waals surface area (Å²) in [7, 11) is 3.03. The number of carbonyl (C=O) groups is 2. The van der Waals surface area contributed by atoms with Crippen molar-refractivity contribution in [3.8, 4) is 11.5 Å². The van der Waals surface area contributed by atoms with Crippen molar-refractivity contribution < 1.29 is 19.1 Å². The fourth-order valence-corrected chi connectivity index (χ4v) is 2.56. The molecule has 2 aromatic carbocycles. The van der Waals surface area contributed by atoms with Gasteiger partial charge in [-0.1, -0.05) is 6.07 Å². The molecule has 28 heavy (non-hydrogen) atoms. The first-order valence-electron chi connectivity index (χ1n) is 8.45. The van der Waals surface area contributed by atoms with Crippen LogP contribution in [0.1, 0.15) is 20.7 Å². The Morgan fingerprint density at radius 1 is 0.750 bits per heavy atom. The molecule has 0 saturated heterocycles. The zero-order chi connectivity index (χ0) is 19.9. The Labute approximate surface area is 162 Å². The number of carbonyl (C=O) groups excluding carboxylic acids is 2. The van der Waals surface area contributed by atoms with Gasteiger partial charge in [0.25, 0.3) is 11.8 Å². The Morgan fingerprint density at radius 3 is 2.07 bits per heavy atom. The minimum Gasteiger partial charge on any atom is -0.493 e. The fourth-order valence-electron chi connectivity index (χ4n) is 2.56. The number of benzene rings is 2. The number of anilines is 2. The van der Waals surface area contributed by atoms with E-state index in [1.54, 1.807) is 67.0 Å². The minimum absolute atomic E-state index is 0.284. The molecule has 0 aliphatic rings. The summed E-state index contributed by atoms with van der Waals surface area (Å²) in [5.74, 6) is 0.385. The van der Waals surface area contributed by atoms with E-state index in [2.05, 4.69) is 15.6 Å². The third-order valence-electron chi connectivity index (χ3n) is 3.97. The Bertz CT molecular complexity index is 990. The lowest BCUT2D eigenvalue weighted by Crippen LogP contribution is -2.14. The average Bonchev–Trinajstić information content (AvgIpc) is 2.74. The van der Waals surface area contributed by atoms with Crippen molar-refractivity contribution in [2.75, 3.05) is 24.9 Å².